The number of rotatable bonds is 0. The molecule has 0 radical (unpaired) electrons. The maximum Gasteiger partial charge on any atom is 0.125 e. The second kappa shape index (κ2) is 4.74. The van der Waals surface area contributed by atoms with Crippen molar-refractivity contribution in [2.24, 2.45) is 0 Å². The smallest absolute Gasteiger partial charge is 0.125 e. The van der Waals surface area contributed by atoms with Gasteiger partial charge in [-0.2, -0.15) is 0 Å². The maximum absolute atomic E-state index is 9.42. The molecule has 1 heterocycles. The van der Waals surface area contributed by atoms with Crippen LogP contribution >= 0.6 is 24.8 Å². The molecule has 74 valence electrons. The van der Waals surface area contributed by atoms with Gasteiger partial charge in [0.25, 0.3) is 0 Å². The second-order valence-electron chi connectivity index (χ2n) is 2.88. The summed E-state index contributed by atoms with van der Waals surface area (Å²) in [5.74, 6) is 0.740. The van der Waals surface area contributed by atoms with E-state index in [1.807, 2.05) is 13.1 Å². The molecule has 1 aliphatic rings. The van der Waals surface area contributed by atoms with Crippen molar-refractivity contribution in [3.05, 3.63) is 23.3 Å². The number of halogens is 2. The Labute approximate surface area is 89.4 Å². The summed E-state index contributed by atoms with van der Waals surface area (Å²) in [5, 5.41) is 9.42. The molecule has 1 unspecified atom stereocenters. The molecule has 1 atom stereocenters. The van der Waals surface area contributed by atoms with E-state index in [0.29, 0.717) is 0 Å². The lowest BCUT2D eigenvalue weighted by Gasteiger charge is -2.01. The van der Waals surface area contributed by atoms with E-state index < -0.39 is 0 Å². The molecular weight excluding hydrogens is 211 g/mol. The van der Waals surface area contributed by atoms with Gasteiger partial charge in [-0.05, 0) is 25.3 Å². The zero-order valence-corrected chi connectivity index (χ0v) is 8.86. The van der Waals surface area contributed by atoms with E-state index in [4.69, 9.17) is 0 Å². The Morgan fingerprint density at radius 2 is 2.15 bits per heavy atom. The highest BCUT2D eigenvalue weighted by atomic mass is 35.5. The van der Waals surface area contributed by atoms with Gasteiger partial charge < -0.3 is 5.11 Å². The molecule has 1 N–H and O–H groups in total. The van der Waals surface area contributed by atoms with Gasteiger partial charge in [-0.15, -0.1) is 24.8 Å². The van der Waals surface area contributed by atoms with E-state index in [1.54, 1.807) is 0 Å². The van der Waals surface area contributed by atoms with Crippen molar-refractivity contribution in [1.82, 2.24) is 9.97 Å². The van der Waals surface area contributed by atoms with E-state index >= 15 is 0 Å². The summed E-state index contributed by atoms with van der Waals surface area (Å²) in [6, 6.07) is 0. The third-order valence-electron chi connectivity index (χ3n) is 2.02. The van der Waals surface area contributed by atoms with Gasteiger partial charge in [-0.1, -0.05) is 0 Å². The molecule has 0 aromatic carbocycles. The van der Waals surface area contributed by atoms with E-state index in [0.717, 1.165) is 29.9 Å². The van der Waals surface area contributed by atoms with Gasteiger partial charge in [0.1, 0.15) is 5.82 Å². The van der Waals surface area contributed by atoms with Crippen LogP contribution in [0.4, 0.5) is 0 Å². The lowest BCUT2D eigenvalue weighted by molar-refractivity contribution is 0.175. The number of aliphatic hydroxyl groups is 1. The summed E-state index contributed by atoms with van der Waals surface area (Å²) in [6.07, 6.45) is 3.17. The molecule has 3 nitrogen and oxygen atoms in total. The molecule has 1 aromatic heterocycles. The zero-order chi connectivity index (χ0) is 7.84. The Bertz CT molecular complexity index is 293. The minimum Gasteiger partial charge on any atom is -0.387 e. The van der Waals surface area contributed by atoms with E-state index in [2.05, 4.69) is 9.97 Å². The first-order chi connectivity index (χ1) is 5.27. The molecule has 2 rings (SSSR count). The number of hydrogen-bond acceptors (Lipinski definition) is 3. The quantitative estimate of drug-likeness (QED) is 0.726. The standard InChI is InChI=1S/C8H10N2O.2ClH/c1-5-9-4-6-2-3-7(11)8(6)10-5;;/h4,7,11H,2-3H2,1H3;2*1H. The number of aryl methyl sites for hydroxylation is 2. The molecule has 0 saturated carbocycles. The average molecular weight is 223 g/mol. The Kier molecular flexibility index (Phi) is 4.61. The Hall–Kier alpha value is -0.380. The highest BCUT2D eigenvalue weighted by Crippen LogP contribution is 2.27. The maximum atomic E-state index is 9.42. The van der Waals surface area contributed by atoms with Crippen LogP contribution in [0.1, 0.15) is 29.6 Å². The SMILES string of the molecule is Cc1ncc2c(n1)C(O)CC2.Cl.Cl. The number of nitrogens with zero attached hydrogens (tertiary/aromatic N) is 2. The van der Waals surface area contributed by atoms with Crippen molar-refractivity contribution < 1.29 is 5.11 Å². The second-order valence-corrected chi connectivity index (χ2v) is 2.88. The molecule has 0 bridgehead atoms. The minimum atomic E-state index is -0.355. The summed E-state index contributed by atoms with van der Waals surface area (Å²) in [7, 11) is 0. The highest BCUT2D eigenvalue weighted by Gasteiger charge is 2.21. The van der Waals surface area contributed by atoms with Crippen molar-refractivity contribution >= 4 is 24.8 Å². The lowest BCUT2D eigenvalue weighted by Crippen LogP contribution is -1.98. The van der Waals surface area contributed by atoms with Crippen LogP contribution in [-0.4, -0.2) is 15.1 Å². The number of fused-ring (bicyclic) bond motifs is 1. The van der Waals surface area contributed by atoms with Crippen LogP contribution in [0.3, 0.4) is 0 Å². The fourth-order valence-corrected chi connectivity index (χ4v) is 1.42. The molecular formula is C8H12Cl2N2O. The molecule has 1 aromatic rings. The Balaban J connectivity index is 0.000000720. The average Bonchev–Trinajstić information content (AvgIpc) is 2.33. The monoisotopic (exact) mass is 222 g/mol. The van der Waals surface area contributed by atoms with Gasteiger partial charge in [0.2, 0.25) is 0 Å². The third-order valence-corrected chi connectivity index (χ3v) is 2.02. The van der Waals surface area contributed by atoms with Gasteiger partial charge in [0.15, 0.2) is 0 Å². The fourth-order valence-electron chi connectivity index (χ4n) is 1.42. The highest BCUT2D eigenvalue weighted by molar-refractivity contribution is 5.85. The molecule has 5 heteroatoms. The summed E-state index contributed by atoms with van der Waals surface area (Å²) < 4.78 is 0. The van der Waals surface area contributed by atoms with Crippen LogP contribution in [-0.2, 0) is 6.42 Å². The van der Waals surface area contributed by atoms with Gasteiger partial charge >= 0.3 is 0 Å². The minimum absolute atomic E-state index is 0. The molecule has 0 aliphatic heterocycles. The topological polar surface area (TPSA) is 46.0 Å². The van der Waals surface area contributed by atoms with Crippen LogP contribution in [0.25, 0.3) is 0 Å². The number of hydrogen-bond donors (Lipinski definition) is 1. The predicted octanol–water partition coefficient (Wildman–Crippen LogP) is 1.61. The molecule has 0 spiro atoms. The summed E-state index contributed by atoms with van der Waals surface area (Å²) in [4.78, 5) is 8.24. The van der Waals surface area contributed by atoms with Crippen molar-refractivity contribution in [2.75, 3.05) is 0 Å². The van der Waals surface area contributed by atoms with Crippen molar-refractivity contribution in [2.45, 2.75) is 25.9 Å². The van der Waals surface area contributed by atoms with Crippen molar-refractivity contribution in [3.63, 3.8) is 0 Å². The van der Waals surface area contributed by atoms with E-state index in [9.17, 15) is 5.11 Å². The van der Waals surface area contributed by atoms with E-state index in [1.165, 1.54) is 0 Å². The molecule has 0 saturated heterocycles. The first-order valence-electron chi connectivity index (χ1n) is 3.78. The molecule has 0 fully saturated rings. The summed E-state index contributed by atoms with van der Waals surface area (Å²) in [5.41, 5.74) is 1.93. The first kappa shape index (κ1) is 12.6. The normalized spacial score (nSPS) is 18.5. The summed E-state index contributed by atoms with van der Waals surface area (Å²) >= 11 is 0. The Morgan fingerprint density at radius 3 is 2.85 bits per heavy atom. The first-order valence-corrected chi connectivity index (χ1v) is 3.78. The molecule has 1 aliphatic carbocycles. The van der Waals surface area contributed by atoms with Crippen LogP contribution in [0.15, 0.2) is 6.20 Å². The largest absolute Gasteiger partial charge is 0.387 e. The van der Waals surface area contributed by atoms with Crippen LogP contribution < -0.4 is 0 Å². The molecule has 13 heavy (non-hydrogen) atoms. The van der Waals surface area contributed by atoms with Gasteiger partial charge in [-0.3, -0.25) is 0 Å². The van der Waals surface area contributed by atoms with E-state index in [-0.39, 0.29) is 30.9 Å². The van der Waals surface area contributed by atoms with Crippen LogP contribution in [0, 0.1) is 6.92 Å². The lowest BCUT2D eigenvalue weighted by atomic mass is 10.3. The van der Waals surface area contributed by atoms with Crippen molar-refractivity contribution in [1.29, 1.82) is 0 Å². The molecule has 0 amide bonds. The predicted molar refractivity (Wildman–Crippen MR) is 54.5 cm³/mol. The van der Waals surface area contributed by atoms with Crippen LogP contribution in [0.5, 0.6) is 0 Å². The zero-order valence-electron chi connectivity index (χ0n) is 7.23. The van der Waals surface area contributed by atoms with Gasteiger partial charge in [0.05, 0.1) is 11.8 Å². The summed E-state index contributed by atoms with van der Waals surface area (Å²) in [6.45, 7) is 1.84. The van der Waals surface area contributed by atoms with Crippen molar-refractivity contribution in [3.8, 4) is 0 Å². The van der Waals surface area contributed by atoms with Gasteiger partial charge in [-0.25, -0.2) is 9.97 Å². The number of aromatic nitrogens is 2. The van der Waals surface area contributed by atoms with Gasteiger partial charge in [0, 0.05) is 6.20 Å². The van der Waals surface area contributed by atoms with Crippen LogP contribution in [0.2, 0.25) is 0 Å². The third kappa shape index (κ3) is 2.30. The fraction of sp³-hybridized carbons (Fsp3) is 0.500. The number of aliphatic hydroxyl groups excluding tert-OH is 1. The Morgan fingerprint density at radius 1 is 1.46 bits per heavy atom.